The maximum Gasteiger partial charge on any atom is 0.174 e. The molecule has 0 aromatic rings. The van der Waals surface area contributed by atoms with Gasteiger partial charge < -0.3 is 25.2 Å². The number of rotatable bonds is 1. The van der Waals surface area contributed by atoms with Crippen LogP contribution in [-0.2, 0) is 4.74 Å². The minimum Gasteiger partial charge on any atom is -0.394 e. The van der Waals surface area contributed by atoms with Crippen LogP contribution in [0.5, 0.6) is 0 Å². The molecular weight excluding hydrogens is 188 g/mol. The molecule has 4 N–H and O–H groups in total. The molecule has 0 saturated carbocycles. The Balaban J connectivity index is 2.63. The van der Waals surface area contributed by atoms with Gasteiger partial charge in [0.25, 0.3) is 0 Å². The van der Waals surface area contributed by atoms with Gasteiger partial charge in [0.1, 0.15) is 23.7 Å². The van der Waals surface area contributed by atoms with Crippen LogP contribution in [-0.4, -0.2) is 57.0 Å². The Morgan fingerprint density at radius 3 is 2.25 bits per heavy atom. The van der Waals surface area contributed by atoms with Gasteiger partial charge in [-0.05, 0) is 0 Å². The molecule has 0 spiro atoms. The van der Waals surface area contributed by atoms with E-state index in [0.717, 1.165) is 0 Å². The molecule has 1 aliphatic rings. The standard InChI is InChI=1S/C6H11ClO5/c7-3-5(10)4(9)2(1-8)12-6(3)11/h2-6,8-11H,1H2/t2?,3?,4-,5-,6?/m1/s1. The minimum atomic E-state index is -1.36. The number of halogens is 1. The van der Waals surface area contributed by atoms with Crippen molar-refractivity contribution in [3.8, 4) is 0 Å². The predicted octanol–water partition coefficient (Wildman–Crippen LogP) is -1.97. The van der Waals surface area contributed by atoms with Crippen LogP contribution in [0.3, 0.4) is 0 Å². The van der Waals surface area contributed by atoms with Crippen LogP contribution in [0.15, 0.2) is 0 Å². The zero-order valence-corrected chi connectivity index (χ0v) is 6.92. The van der Waals surface area contributed by atoms with E-state index in [1.165, 1.54) is 0 Å². The molecule has 0 bridgehead atoms. The summed E-state index contributed by atoms with van der Waals surface area (Å²) < 4.78 is 4.69. The fourth-order valence-electron chi connectivity index (χ4n) is 1.06. The van der Waals surface area contributed by atoms with Crippen LogP contribution in [0.4, 0.5) is 0 Å². The van der Waals surface area contributed by atoms with E-state index >= 15 is 0 Å². The van der Waals surface area contributed by atoms with Gasteiger partial charge in [-0.25, -0.2) is 0 Å². The van der Waals surface area contributed by atoms with Crippen molar-refractivity contribution >= 4 is 11.6 Å². The van der Waals surface area contributed by atoms with E-state index in [-0.39, 0.29) is 0 Å². The zero-order chi connectivity index (χ0) is 9.30. The molecule has 5 atom stereocenters. The second-order valence-electron chi connectivity index (χ2n) is 2.67. The Hall–Kier alpha value is 0.0900. The van der Waals surface area contributed by atoms with Crippen LogP contribution < -0.4 is 0 Å². The zero-order valence-electron chi connectivity index (χ0n) is 6.17. The topological polar surface area (TPSA) is 90.2 Å². The molecule has 0 radical (unpaired) electrons. The Bertz CT molecular complexity index is 150. The van der Waals surface area contributed by atoms with Gasteiger partial charge >= 0.3 is 0 Å². The number of aliphatic hydroxyl groups excluding tert-OH is 4. The van der Waals surface area contributed by atoms with Crippen molar-refractivity contribution < 1.29 is 25.2 Å². The maximum atomic E-state index is 9.20. The summed E-state index contributed by atoms with van der Waals surface area (Å²) in [5.74, 6) is 0. The molecule has 72 valence electrons. The Kier molecular flexibility index (Phi) is 3.28. The molecular formula is C6H11ClO5. The monoisotopic (exact) mass is 198 g/mol. The van der Waals surface area contributed by atoms with Crippen LogP contribution >= 0.6 is 11.6 Å². The molecule has 1 fully saturated rings. The summed E-state index contributed by atoms with van der Waals surface area (Å²) in [6, 6.07) is 0. The molecule has 0 aromatic carbocycles. The summed E-state index contributed by atoms with van der Waals surface area (Å²) >= 11 is 5.47. The molecule has 0 amide bonds. The van der Waals surface area contributed by atoms with E-state index in [2.05, 4.69) is 0 Å². The van der Waals surface area contributed by atoms with Crippen molar-refractivity contribution in [3.63, 3.8) is 0 Å². The van der Waals surface area contributed by atoms with Gasteiger partial charge in [0.05, 0.1) is 6.61 Å². The average molecular weight is 199 g/mol. The highest BCUT2D eigenvalue weighted by atomic mass is 35.5. The normalized spacial score (nSPS) is 49.2. The van der Waals surface area contributed by atoms with E-state index in [0.29, 0.717) is 0 Å². The molecule has 5 nitrogen and oxygen atoms in total. The first-order chi connectivity index (χ1) is 5.57. The molecule has 6 heteroatoms. The van der Waals surface area contributed by atoms with Gasteiger partial charge in [0, 0.05) is 0 Å². The lowest BCUT2D eigenvalue weighted by atomic mass is 10.0. The van der Waals surface area contributed by atoms with Crippen molar-refractivity contribution in [1.29, 1.82) is 0 Å². The highest BCUT2D eigenvalue weighted by Gasteiger charge is 2.42. The van der Waals surface area contributed by atoms with E-state index < -0.39 is 36.6 Å². The first kappa shape index (κ1) is 10.2. The number of ether oxygens (including phenoxy) is 1. The smallest absolute Gasteiger partial charge is 0.174 e. The SMILES string of the molecule is OCC1OC(O)C(Cl)[C@@H](O)[C@@H]1O. The second-order valence-corrected chi connectivity index (χ2v) is 3.18. The summed E-state index contributed by atoms with van der Waals surface area (Å²) in [4.78, 5) is 0. The quantitative estimate of drug-likeness (QED) is 0.367. The second kappa shape index (κ2) is 3.87. The lowest BCUT2D eigenvalue weighted by molar-refractivity contribution is -0.236. The Labute approximate surface area is 74.2 Å². The lowest BCUT2D eigenvalue weighted by Gasteiger charge is -2.37. The summed E-state index contributed by atoms with van der Waals surface area (Å²) in [7, 11) is 0. The number of alkyl halides is 1. The third kappa shape index (κ3) is 1.71. The maximum absolute atomic E-state index is 9.20. The lowest BCUT2D eigenvalue weighted by Crippen LogP contribution is -2.56. The highest BCUT2D eigenvalue weighted by molar-refractivity contribution is 6.21. The van der Waals surface area contributed by atoms with Gasteiger partial charge in [0.15, 0.2) is 6.29 Å². The van der Waals surface area contributed by atoms with Gasteiger partial charge in [-0.2, -0.15) is 0 Å². The van der Waals surface area contributed by atoms with E-state index in [1.807, 2.05) is 0 Å². The average Bonchev–Trinajstić information content (AvgIpc) is 2.08. The van der Waals surface area contributed by atoms with Gasteiger partial charge in [-0.3, -0.25) is 0 Å². The molecule has 1 saturated heterocycles. The molecule has 12 heavy (non-hydrogen) atoms. The third-order valence-electron chi connectivity index (χ3n) is 1.82. The first-order valence-corrected chi connectivity index (χ1v) is 3.96. The Morgan fingerprint density at radius 2 is 1.75 bits per heavy atom. The highest BCUT2D eigenvalue weighted by Crippen LogP contribution is 2.23. The minimum absolute atomic E-state index is 0.473. The fraction of sp³-hybridized carbons (Fsp3) is 1.00. The third-order valence-corrected chi connectivity index (χ3v) is 2.30. The van der Waals surface area contributed by atoms with Crippen LogP contribution in [0, 0.1) is 0 Å². The van der Waals surface area contributed by atoms with E-state index in [4.69, 9.17) is 26.6 Å². The van der Waals surface area contributed by atoms with Crippen molar-refractivity contribution in [1.82, 2.24) is 0 Å². The van der Waals surface area contributed by atoms with Gasteiger partial charge in [-0.15, -0.1) is 11.6 Å². The molecule has 1 heterocycles. The van der Waals surface area contributed by atoms with Crippen LogP contribution in [0.25, 0.3) is 0 Å². The van der Waals surface area contributed by atoms with Crippen LogP contribution in [0.2, 0.25) is 0 Å². The van der Waals surface area contributed by atoms with Gasteiger partial charge in [0.2, 0.25) is 0 Å². The first-order valence-electron chi connectivity index (χ1n) is 3.52. The number of hydrogen-bond acceptors (Lipinski definition) is 5. The van der Waals surface area contributed by atoms with Crippen LogP contribution in [0.1, 0.15) is 0 Å². The van der Waals surface area contributed by atoms with Crippen molar-refractivity contribution in [2.24, 2.45) is 0 Å². The summed E-state index contributed by atoms with van der Waals surface area (Å²) in [5.41, 5.74) is 0. The molecule has 3 unspecified atom stereocenters. The van der Waals surface area contributed by atoms with E-state index in [9.17, 15) is 10.2 Å². The summed E-state index contributed by atoms with van der Waals surface area (Å²) in [6.07, 6.45) is -4.89. The van der Waals surface area contributed by atoms with E-state index in [1.54, 1.807) is 0 Å². The molecule has 0 aromatic heterocycles. The molecule has 0 aliphatic carbocycles. The van der Waals surface area contributed by atoms with Crippen molar-refractivity contribution in [2.45, 2.75) is 30.0 Å². The molecule has 1 aliphatic heterocycles. The molecule has 1 rings (SSSR count). The fourth-order valence-corrected chi connectivity index (χ4v) is 1.27. The number of hydrogen-bond donors (Lipinski definition) is 4. The van der Waals surface area contributed by atoms with Gasteiger partial charge in [-0.1, -0.05) is 0 Å². The number of aliphatic hydroxyl groups is 4. The summed E-state index contributed by atoms with van der Waals surface area (Å²) in [5, 5.41) is 35.0. The predicted molar refractivity (Wildman–Crippen MR) is 39.6 cm³/mol. The van der Waals surface area contributed by atoms with Crippen molar-refractivity contribution in [3.05, 3.63) is 0 Å². The Morgan fingerprint density at radius 1 is 1.17 bits per heavy atom. The van der Waals surface area contributed by atoms with Crippen molar-refractivity contribution in [2.75, 3.05) is 6.61 Å². The summed E-state index contributed by atoms with van der Waals surface area (Å²) in [6.45, 7) is -0.473. The largest absolute Gasteiger partial charge is 0.394 e.